The third-order valence-corrected chi connectivity index (χ3v) is 3.83. The first kappa shape index (κ1) is 9.71. The van der Waals surface area contributed by atoms with Crippen molar-refractivity contribution in [2.75, 3.05) is 6.26 Å². The molecule has 0 N–H and O–H groups in total. The molecule has 1 unspecified atom stereocenters. The minimum Gasteiger partial charge on any atom is -0.298 e. The van der Waals surface area contributed by atoms with E-state index >= 15 is 0 Å². The van der Waals surface area contributed by atoms with E-state index in [0.717, 1.165) is 19.1 Å². The molecule has 0 aromatic carbocycles. The van der Waals surface area contributed by atoms with Crippen LogP contribution in [0.4, 0.5) is 0 Å². The summed E-state index contributed by atoms with van der Waals surface area (Å²) in [5, 5.41) is -0.807. The summed E-state index contributed by atoms with van der Waals surface area (Å²) in [6.07, 6.45) is 3.74. The molecule has 0 amide bonds. The average molecular weight is 190 g/mol. The molecule has 0 aromatic rings. The van der Waals surface area contributed by atoms with Gasteiger partial charge in [-0.05, 0) is 25.7 Å². The molecule has 0 saturated heterocycles. The molecule has 0 spiro atoms. The van der Waals surface area contributed by atoms with Gasteiger partial charge in [-0.1, -0.05) is 0 Å². The Bertz CT molecular complexity index is 275. The van der Waals surface area contributed by atoms with E-state index in [1.54, 1.807) is 0 Å². The Hall–Kier alpha value is -0.380. The third kappa shape index (κ3) is 2.59. The van der Waals surface area contributed by atoms with E-state index < -0.39 is 15.1 Å². The van der Waals surface area contributed by atoms with E-state index in [1.807, 2.05) is 0 Å². The number of carbonyl (C=O) groups is 1. The Morgan fingerprint density at radius 2 is 2.00 bits per heavy atom. The fraction of sp³-hybridized carbons (Fsp3) is 0.875. The van der Waals surface area contributed by atoms with E-state index in [1.165, 1.54) is 6.92 Å². The largest absolute Gasteiger partial charge is 0.298 e. The molecule has 1 aliphatic carbocycles. The highest BCUT2D eigenvalue weighted by Crippen LogP contribution is 2.33. The normalized spacial score (nSPS) is 20.5. The van der Waals surface area contributed by atoms with Crippen LogP contribution in [0.5, 0.6) is 0 Å². The first-order valence-corrected chi connectivity index (χ1v) is 6.08. The molecule has 0 aliphatic heterocycles. The number of rotatable bonds is 4. The molecule has 0 radical (unpaired) electrons. The number of ketones is 1. The SMILES string of the molecule is CC(C(=O)CC1CC1)S(C)(=O)=O. The highest BCUT2D eigenvalue weighted by Gasteiger charge is 2.30. The second-order valence-corrected chi connectivity index (χ2v) is 5.95. The Morgan fingerprint density at radius 3 is 2.33 bits per heavy atom. The lowest BCUT2D eigenvalue weighted by atomic mass is 10.1. The monoisotopic (exact) mass is 190 g/mol. The summed E-state index contributed by atoms with van der Waals surface area (Å²) in [4.78, 5) is 11.3. The lowest BCUT2D eigenvalue weighted by molar-refractivity contribution is -0.118. The van der Waals surface area contributed by atoms with E-state index in [-0.39, 0.29) is 5.78 Å². The van der Waals surface area contributed by atoms with Gasteiger partial charge in [0.05, 0.1) is 0 Å². The molecule has 0 bridgehead atoms. The van der Waals surface area contributed by atoms with Gasteiger partial charge in [-0.2, -0.15) is 0 Å². The summed E-state index contributed by atoms with van der Waals surface area (Å²) in [6.45, 7) is 1.47. The number of sulfone groups is 1. The number of hydrogen-bond acceptors (Lipinski definition) is 3. The first-order valence-electron chi connectivity index (χ1n) is 4.13. The van der Waals surface area contributed by atoms with Gasteiger partial charge >= 0.3 is 0 Å². The van der Waals surface area contributed by atoms with Gasteiger partial charge in [0, 0.05) is 12.7 Å². The molecule has 0 heterocycles. The van der Waals surface area contributed by atoms with Crippen LogP contribution in [0.2, 0.25) is 0 Å². The summed E-state index contributed by atoms with van der Waals surface area (Å²) in [5.74, 6) is 0.349. The second kappa shape index (κ2) is 3.17. The third-order valence-electron chi connectivity index (χ3n) is 2.28. The highest BCUT2D eigenvalue weighted by atomic mass is 32.2. The van der Waals surface area contributed by atoms with E-state index in [9.17, 15) is 13.2 Å². The Morgan fingerprint density at radius 1 is 1.50 bits per heavy atom. The fourth-order valence-corrected chi connectivity index (χ4v) is 1.58. The molecular formula is C8H14O3S. The lowest BCUT2D eigenvalue weighted by Gasteiger charge is -2.06. The molecule has 4 heteroatoms. The van der Waals surface area contributed by atoms with Gasteiger partial charge in [-0.3, -0.25) is 4.79 Å². The van der Waals surface area contributed by atoms with Crippen molar-refractivity contribution in [3.63, 3.8) is 0 Å². The minimum atomic E-state index is -3.17. The first-order chi connectivity index (χ1) is 5.41. The Balaban J connectivity index is 2.51. The molecule has 12 heavy (non-hydrogen) atoms. The molecular weight excluding hydrogens is 176 g/mol. The van der Waals surface area contributed by atoms with Crippen LogP contribution in [-0.2, 0) is 14.6 Å². The fourth-order valence-electron chi connectivity index (χ4n) is 1.01. The Labute approximate surface area is 73.1 Å². The summed E-state index contributed by atoms with van der Waals surface area (Å²) in [6, 6.07) is 0. The summed E-state index contributed by atoms with van der Waals surface area (Å²) in [7, 11) is -3.17. The zero-order valence-corrected chi connectivity index (χ0v) is 8.23. The zero-order chi connectivity index (χ0) is 9.35. The number of Topliss-reactive ketones (excluding diaryl/α,β-unsaturated/α-hetero) is 1. The van der Waals surface area contributed by atoms with Crippen molar-refractivity contribution in [1.82, 2.24) is 0 Å². The van der Waals surface area contributed by atoms with Gasteiger partial charge in [-0.25, -0.2) is 8.42 Å². The smallest absolute Gasteiger partial charge is 0.157 e. The van der Waals surface area contributed by atoms with E-state index in [2.05, 4.69) is 0 Å². The molecule has 1 aliphatic rings. The molecule has 1 fully saturated rings. The van der Waals surface area contributed by atoms with E-state index in [4.69, 9.17) is 0 Å². The van der Waals surface area contributed by atoms with Gasteiger partial charge in [0.2, 0.25) is 0 Å². The van der Waals surface area contributed by atoms with Gasteiger partial charge in [0.1, 0.15) is 5.25 Å². The zero-order valence-electron chi connectivity index (χ0n) is 7.41. The molecule has 0 aromatic heterocycles. The predicted molar refractivity (Wildman–Crippen MR) is 46.7 cm³/mol. The quantitative estimate of drug-likeness (QED) is 0.658. The van der Waals surface area contributed by atoms with Crippen molar-refractivity contribution in [2.45, 2.75) is 31.4 Å². The number of hydrogen-bond donors (Lipinski definition) is 0. The van der Waals surface area contributed by atoms with Crippen LogP contribution in [-0.4, -0.2) is 25.7 Å². The maximum atomic E-state index is 11.3. The van der Waals surface area contributed by atoms with Crippen LogP contribution in [0.15, 0.2) is 0 Å². The maximum Gasteiger partial charge on any atom is 0.157 e. The van der Waals surface area contributed by atoms with E-state index in [0.29, 0.717) is 12.3 Å². The van der Waals surface area contributed by atoms with Crippen molar-refractivity contribution >= 4 is 15.6 Å². The van der Waals surface area contributed by atoms with Crippen molar-refractivity contribution in [3.8, 4) is 0 Å². The molecule has 1 atom stereocenters. The molecule has 3 nitrogen and oxygen atoms in total. The van der Waals surface area contributed by atoms with Gasteiger partial charge in [0.25, 0.3) is 0 Å². The van der Waals surface area contributed by atoms with Crippen LogP contribution in [0.3, 0.4) is 0 Å². The average Bonchev–Trinajstić information content (AvgIpc) is 2.68. The highest BCUT2D eigenvalue weighted by molar-refractivity contribution is 7.92. The van der Waals surface area contributed by atoms with Crippen molar-refractivity contribution in [1.29, 1.82) is 0 Å². The molecule has 1 rings (SSSR count). The van der Waals surface area contributed by atoms with Gasteiger partial charge in [-0.15, -0.1) is 0 Å². The van der Waals surface area contributed by atoms with Crippen LogP contribution in [0.1, 0.15) is 26.2 Å². The minimum absolute atomic E-state index is 0.125. The van der Waals surface area contributed by atoms with Gasteiger partial charge in [0.15, 0.2) is 15.6 Å². The topological polar surface area (TPSA) is 51.2 Å². The second-order valence-electron chi connectivity index (χ2n) is 3.59. The van der Waals surface area contributed by atoms with Crippen molar-refractivity contribution in [2.24, 2.45) is 5.92 Å². The molecule has 70 valence electrons. The van der Waals surface area contributed by atoms with Crippen LogP contribution in [0.25, 0.3) is 0 Å². The van der Waals surface area contributed by atoms with Crippen molar-refractivity contribution < 1.29 is 13.2 Å². The standard InChI is InChI=1S/C8H14O3S/c1-6(12(2,10)11)8(9)5-7-3-4-7/h6-7H,3-5H2,1-2H3. The summed E-state index contributed by atoms with van der Waals surface area (Å²) >= 11 is 0. The predicted octanol–water partition coefficient (Wildman–Crippen LogP) is 0.789. The number of carbonyl (C=O) groups excluding carboxylic acids is 1. The molecule has 1 saturated carbocycles. The Kier molecular flexibility index (Phi) is 2.56. The van der Waals surface area contributed by atoms with Gasteiger partial charge < -0.3 is 0 Å². The van der Waals surface area contributed by atoms with Crippen LogP contribution in [0, 0.1) is 5.92 Å². The van der Waals surface area contributed by atoms with Crippen molar-refractivity contribution in [3.05, 3.63) is 0 Å². The van der Waals surface area contributed by atoms with Crippen LogP contribution >= 0.6 is 0 Å². The van der Waals surface area contributed by atoms with Crippen LogP contribution < -0.4 is 0 Å². The summed E-state index contributed by atoms with van der Waals surface area (Å²) < 4.78 is 21.9. The summed E-state index contributed by atoms with van der Waals surface area (Å²) in [5.41, 5.74) is 0. The lowest BCUT2D eigenvalue weighted by Crippen LogP contribution is -2.26. The maximum absolute atomic E-state index is 11.3.